The van der Waals surface area contributed by atoms with Gasteiger partial charge in [-0.2, -0.15) is 0 Å². The molecule has 1 amide bonds. The second-order valence-corrected chi connectivity index (χ2v) is 5.76. The number of amides is 1. The number of nitrogens with zero attached hydrogens (tertiary/aromatic N) is 2. The standard InChI is InChI=1S/C17H12Cl2N4O/c18-12-1-5-14(6-2-12)22-16(24)11-9-20-17(21-10-11)23-15-7-3-13(19)4-8-15/h1-10H,(H,22,24)(H,20,21,23). The maximum atomic E-state index is 12.1. The van der Waals surface area contributed by atoms with Crippen LogP contribution in [-0.2, 0) is 0 Å². The molecular weight excluding hydrogens is 347 g/mol. The van der Waals surface area contributed by atoms with E-state index in [9.17, 15) is 4.79 Å². The molecule has 7 heteroatoms. The summed E-state index contributed by atoms with van der Waals surface area (Å²) >= 11 is 11.6. The van der Waals surface area contributed by atoms with Crippen molar-refractivity contribution in [3.63, 3.8) is 0 Å². The summed E-state index contributed by atoms with van der Waals surface area (Å²) in [6, 6.07) is 14.0. The van der Waals surface area contributed by atoms with Gasteiger partial charge in [0, 0.05) is 33.8 Å². The van der Waals surface area contributed by atoms with Crippen molar-refractivity contribution >= 4 is 46.4 Å². The lowest BCUT2D eigenvalue weighted by Crippen LogP contribution is -2.13. The van der Waals surface area contributed by atoms with Crippen molar-refractivity contribution in [2.24, 2.45) is 0 Å². The Hall–Kier alpha value is -2.63. The number of nitrogens with one attached hydrogen (secondary N) is 2. The zero-order chi connectivity index (χ0) is 16.9. The Balaban J connectivity index is 1.66. The normalized spacial score (nSPS) is 10.2. The molecule has 0 saturated heterocycles. The van der Waals surface area contributed by atoms with Gasteiger partial charge in [0.05, 0.1) is 5.56 Å². The van der Waals surface area contributed by atoms with Gasteiger partial charge in [0.15, 0.2) is 0 Å². The smallest absolute Gasteiger partial charge is 0.258 e. The molecule has 0 saturated carbocycles. The summed E-state index contributed by atoms with van der Waals surface area (Å²) in [4.78, 5) is 20.4. The largest absolute Gasteiger partial charge is 0.324 e. The number of aromatic nitrogens is 2. The lowest BCUT2D eigenvalue weighted by atomic mass is 10.3. The highest BCUT2D eigenvalue weighted by molar-refractivity contribution is 6.30. The molecule has 3 aromatic rings. The fourth-order valence-electron chi connectivity index (χ4n) is 1.91. The first-order valence-electron chi connectivity index (χ1n) is 7.02. The van der Waals surface area contributed by atoms with E-state index in [0.717, 1.165) is 5.69 Å². The molecule has 24 heavy (non-hydrogen) atoms. The van der Waals surface area contributed by atoms with Gasteiger partial charge in [0.2, 0.25) is 5.95 Å². The van der Waals surface area contributed by atoms with Gasteiger partial charge >= 0.3 is 0 Å². The molecule has 0 spiro atoms. The Morgan fingerprint density at radius 2 is 1.29 bits per heavy atom. The van der Waals surface area contributed by atoms with E-state index >= 15 is 0 Å². The monoisotopic (exact) mass is 358 g/mol. The molecule has 0 radical (unpaired) electrons. The first-order chi connectivity index (χ1) is 11.6. The van der Waals surface area contributed by atoms with Crippen LogP contribution >= 0.6 is 23.2 Å². The van der Waals surface area contributed by atoms with Gasteiger partial charge in [-0.3, -0.25) is 4.79 Å². The maximum Gasteiger partial charge on any atom is 0.258 e. The first-order valence-corrected chi connectivity index (χ1v) is 7.77. The van der Waals surface area contributed by atoms with Crippen LogP contribution in [0.2, 0.25) is 10.0 Å². The minimum Gasteiger partial charge on any atom is -0.324 e. The number of carbonyl (C=O) groups is 1. The van der Waals surface area contributed by atoms with Crippen molar-refractivity contribution < 1.29 is 4.79 Å². The van der Waals surface area contributed by atoms with Crippen LogP contribution in [0.25, 0.3) is 0 Å². The molecule has 0 bridgehead atoms. The van der Waals surface area contributed by atoms with Crippen LogP contribution in [0.1, 0.15) is 10.4 Å². The van der Waals surface area contributed by atoms with Crippen molar-refractivity contribution in [3.05, 3.63) is 76.5 Å². The van der Waals surface area contributed by atoms with Gasteiger partial charge in [-0.25, -0.2) is 9.97 Å². The summed E-state index contributed by atoms with van der Waals surface area (Å²) in [6.07, 6.45) is 2.91. The van der Waals surface area contributed by atoms with E-state index in [0.29, 0.717) is 27.2 Å². The van der Waals surface area contributed by atoms with Crippen LogP contribution in [0, 0.1) is 0 Å². The third-order valence-corrected chi connectivity index (χ3v) is 3.62. The van der Waals surface area contributed by atoms with Crippen molar-refractivity contribution in [1.82, 2.24) is 9.97 Å². The second-order valence-electron chi connectivity index (χ2n) is 4.89. The molecule has 0 atom stereocenters. The number of rotatable bonds is 4. The summed E-state index contributed by atoms with van der Waals surface area (Å²) < 4.78 is 0. The number of anilines is 3. The van der Waals surface area contributed by atoms with Crippen LogP contribution in [0.15, 0.2) is 60.9 Å². The number of carbonyl (C=O) groups excluding carboxylic acids is 1. The molecule has 1 aromatic heterocycles. The molecule has 120 valence electrons. The Morgan fingerprint density at radius 1 is 0.792 bits per heavy atom. The van der Waals surface area contributed by atoms with E-state index in [1.807, 2.05) is 12.1 Å². The molecule has 0 unspecified atom stereocenters. The first kappa shape index (κ1) is 16.2. The van der Waals surface area contributed by atoms with Crippen LogP contribution < -0.4 is 10.6 Å². The lowest BCUT2D eigenvalue weighted by Gasteiger charge is -2.07. The van der Waals surface area contributed by atoms with Gasteiger partial charge in [-0.1, -0.05) is 23.2 Å². The number of halogens is 2. The summed E-state index contributed by atoms with van der Waals surface area (Å²) in [6.45, 7) is 0. The third kappa shape index (κ3) is 4.22. The molecule has 0 aliphatic rings. The molecule has 5 nitrogen and oxygen atoms in total. The molecule has 0 fully saturated rings. The summed E-state index contributed by atoms with van der Waals surface area (Å²) in [5, 5.41) is 7.03. The third-order valence-electron chi connectivity index (χ3n) is 3.12. The Kier molecular flexibility index (Phi) is 4.93. The highest BCUT2D eigenvalue weighted by atomic mass is 35.5. The minimum atomic E-state index is -0.296. The van der Waals surface area contributed by atoms with Gasteiger partial charge in [0.25, 0.3) is 5.91 Å². The van der Waals surface area contributed by atoms with E-state index < -0.39 is 0 Å². The van der Waals surface area contributed by atoms with Crippen molar-refractivity contribution in [2.45, 2.75) is 0 Å². The number of hydrogen-bond acceptors (Lipinski definition) is 4. The average molecular weight is 359 g/mol. The zero-order valence-electron chi connectivity index (χ0n) is 12.3. The highest BCUT2D eigenvalue weighted by Gasteiger charge is 2.08. The molecule has 0 aliphatic carbocycles. The average Bonchev–Trinajstić information content (AvgIpc) is 2.59. The quantitative estimate of drug-likeness (QED) is 0.704. The fraction of sp³-hybridized carbons (Fsp3) is 0. The number of hydrogen-bond donors (Lipinski definition) is 2. The van der Waals surface area contributed by atoms with Gasteiger partial charge < -0.3 is 10.6 Å². The van der Waals surface area contributed by atoms with E-state index in [-0.39, 0.29) is 5.91 Å². The van der Waals surface area contributed by atoms with E-state index in [4.69, 9.17) is 23.2 Å². The molecule has 0 aliphatic heterocycles. The Labute approximate surface area is 148 Å². The van der Waals surface area contributed by atoms with E-state index in [2.05, 4.69) is 20.6 Å². The van der Waals surface area contributed by atoms with Crippen LogP contribution in [0.5, 0.6) is 0 Å². The van der Waals surface area contributed by atoms with Crippen molar-refractivity contribution in [2.75, 3.05) is 10.6 Å². The van der Waals surface area contributed by atoms with Gasteiger partial charge in [-0.15, -0.1) is 0 Å². The number of benzene rings is 2. The molecule has 2 aromatic carbocycles. The van der Waals surface area contributed by atoms with E-state index in [1.165, 1.54) is 12.4 Å². The zero-order valence-corrected chi connectivity index (χ0v) is 13.8. The van der Waals surface area contributed by atoms with Crippen LogP contribution in [0.3, 0.4) is 0 Å². The summed E-state index contributed by atoms with van der Waals surface area (Å²) in [7, 11) is 0. The van der Waals surface area contributed by atoms with Gasteiger partial charge in [0.1, 0.15) is 0 Å². The predicted molar refractivity (Wildman–Crippen MR) is 96.2 cm³/mol. The van der Waals surface area contributed by atoms with Crippen molar-refractivity contribution in [3.8, 4) is 0 Å². The van der Waals surface area contributed by atoms with Crippen LogP contribution in [-0.4, -0.2) is 15.9 Å². The summed E-state index contributed by atoms with van der Waals surface area (Å²) in [5.74, 6) is 0.0933. The SMILES string of the molecule is O=C(Nc1ccc(Cl)cc1)c1cnc(Nc2ccc(Cl)cc2)nc1. The van der Waals surface area contributed by atoms with E-state index in [1.54, 1.807) is 36.4 Å². The Bertz CT molecular complexity index is 834. The summed E-state index contributed by atoms with van der Waals surface area (Å²) in [5.41, 5.74) is 1.80. The fourth-order valence-corrected chi connectivity index (χ4v) is 2.16. The topological polar surface area (TPSA) is 66.9 Å². The minimum absolute atomic E-state index is 0.296. The Morgan fingerprint density at radius 3 is 1.83 bits per heavy atom. The molecule has 3 rings (SSSR count). The second kappa shape index (κ2) is 7.29. The lowest BCUT2D eigenvalue weighted by molar-refractivity contribution is 0.102. The molecule has 1 heterocycles. The predicted octanol–water partition coefficient (Wildman–Crippen LogP) is 4.78. The highest BCUT2D eigenvalue weighted by Crippen LogP contribution is 2.17. The van der Waals surface area contributed by atoms with Gasteiger partial charge in [-0.05, 0) is 48.5 Å². The molecular formula is C17H12Cl2N4O. The van der Waals surface area contributed by atoms with Crippen LogP contribution in [0.4, 0.5) is 17.3 Å². The molecule has 2 N–H and O–H groups in total. The van der Waals surface area contributed by atoms with Crippen molar-refractivity contribution in [1.29, 1.82) is 0 Å². The maximum absolute atomic E-state index is 12.1.